The van der Waals surface area contributed by atoms with Gasteiger partial charge in [-0.25, -0.2) is 22.0 Å². The van der Waals surface area contributed by atoms with Crippen molar-refractivity contribution in [3.63, 3.8) is 0 Å². The fraction of sp³-hybridized carbons (Fsp3) is 0.733. The van der Waals surface area contributed by atoms with Crippen molar-refractivity contribution in [2.24, 2.45) is 5.92 Å². The second-order valence-electron chi connectivity index (χ2n) is 13.1. The molecular weight excluding hydrogens is 568 g/mol. The molecule has 42 heavy (non-hydrogen) atoms. The van der Waals surface area contributed by atoms with Gasteiger partial charge in [-0.1, -0.05) is 6.07 Å². The van der Waals surface area contributed by atoms with Gasteiger partial charge in [-0.2, -0.15) is 4.31 Å². The number of rotatable bonds is 8. The van der Waals surface area contributed by atoms with Crippen LogP contribution in [0.5, 0.6) is 0 Å². The van der Waals surface area contributed by atoms with Crippen molar-refractivity contribution in [1.82, 2.24) is 9.21 Å². The summed E-state index contributed by atoms with van der Waals surface area (Å²) in [6.45, 7) is 9.00. The molecule has 1 aliphatic carbocycles. The van der Waals surface area contributed by atoms with E-state index in [0.717, 1.165) is 22.7 Å². The summed E-state index contributed by atoms with van der Waals surface area (Å²) in [6, 6.07) is 3.77. The highest BCUT2D eigenvalue weighted by molar-refractivity contribution is 7.89. The summed E-state index contributed by atoms with van der Waals surface area (Å²) in [5, 5.41) is 9.63. The van der Waals surface area contributed by atoms with Crippen LogP contribution in [0.2, 0.25) is 0 Å². The van der Waals surface area contributed by atoms with E-state index in [1.165, 1.54) is 0 Å². The lowest BCUT2D eigenvalue weighted by molar-refractivity contribution is -0.140. The third-order valence-corrected chi connectivity index (χ3v) is 10.5. The Hall–Kier alpha value is -2.47. The number of carboxylic acids is 1. The van der Waals surface area contributed by atoms with Gasteiger partial charge < -0.3 is 19.6 Å². The second-order valence-corrected chi connectivity index (χ2v) is 14.9. The zero-order valence-electron chi connectivity index (χ0n) is 25.2. The van der Waals surface area contributed by atoms with Crippen LogP contribution in [-0.2, 0) is 19.6 Å². The monoisotopic (exact) mass is 613 g/mol. The zero-order chi connectivity index (χ0) is 30.9. The van der Waals surface area contributed by atoms with Gasteiger partial charge in [0.1, 0.15) is 16.5 Å². The Morgan fingerprint density at radius 3 is 2.40 bits per heavy atom. The topological polar surface area (TPSA) is 107 Å². The van der Waals surface area contributed by atoms with E-state index in [2.05, 4.69) is 4.90 Å². The van der Waals surface area contributed by atoms with Gasteiger partial charge in [0.2, 0.25) is 15.9 Å². The number of sulfonamides is 1. The van der Waals surface area contributed by atoms with Gasteiger partial charge in [0.15, 0.2) is 0 Å². The summed E-state index contributed by atoms with van der Waals surface area (Å²) in [5.74, 6) is -3.70. The summed E-state index contributed by atoms with van der Waals surface area (Å²) in [5.41, 5.74) is 0.749. The summed E-state index contributed by atoms with van der Waals surface area (Å²) in [6.07, 6.45) is 2.58. The van der Waals surface area contributed by atoms with Gasteiger partial charge in [-0.15, -0.1) is 0 Å². The van der Waals surface area contributed by atoms with Crippen LogP contribution in [0.15, 0.2) is 23.1 Å². The van der Waals surface area contributed by atoms with Gasteiger partial charge in [-0.3, -0.25) is 4.79 Å². The molecule has 0 bridgehead atoms. The molecule has 1 aromatic rings. The maximum Gasteiger partial charge on any atom is 0.410 e. The van der Waals surface area contributed by atoms with Crippen LogP contribution in [0.1, 0.15) is 84.1 Å². The first-order valence-electron chi connectivity index (χ1n) is 15.0. The lowest BCUT2D eigenvalue weighted by Gasteiger charge is -2.40. The summed E-state index contributed by atoms with van der Waals surface area (Å²) in [7, 11) is -4.05. The highest BCUT2D eigenvalue weighted by atomic mass is 32.2. The summed E-state index contributed by atoms with van der Waals surface area (Å²) >= 11 is 0. The molecule has 2 aliphatic heterocycles. The van der Waals surface area contributed by atoms with Crippen molar-refractivity contribution < 1.29 is 36.6 Å². The molecule has 0 aromatic heterocycles. The quantitative estimate of drug-likeness (QED) is 0.404. The fourth-order valence-electron chi connectivity index (χ4n) is 6.41. The molecule has 1 saturated carbocycles. The van der Waals surface area contributed by atoms with E-state index in [0.29, 0.717) is 38.2 Å². The molecule has 3 aliphatic rings. The molecule has 1 unspecified atom stereocenters. The van der Waals surface area contributed by atoms with Crippen LogP contribution in [0, 0.1) is 12.8 Å². The van der Waals surface area contributed by atoms with Crippen LogP contribution in [0.3, 0.4) is 0 Å². The van der Waals surface area contributed by atoms with E-state index in [1.54, 1.807) is 37.8 Å². The minimum Gasteiger partial charge on any atom is -0.480 e. The first-order chi connectivity index (χ1) is 19.6. The Bertz CT molecular complexity index is 1240. The van der Waals surface area contributed by atoms with Gasteiger partial charge in [-0.05, 0) is 96.3 Å². The van der Waals surface area contributed by atoms with Crippen molar-refractivity contribution in [3.8, 4) is 0 Å². The number of aryl methyl sites for hydroxylation is 1. The standard InChI is InChI=1S/C30H45F2N3O6S/c1-21-9-10-26(42(39,40)35-17-6-8-24(35)27(36)37)25(19-21)33-16-5-7-22(20-33)13-18-34(28(38)41-29(2,3)4)23-11-14-30(31,32)15-12-23/h9-10,19,22-24H,5-8,11-18,20H2,1-4H3,(H,36,37)/t22?,24-/m0/s1. The third-order valence-electron chi connectivity index (χ3n) is 8.58. The van der Waals surface area contributed by atoms with Crippen LogP contribution in [-0.4, -0.2) is 84.6 Å². The molecule has 3 fully saturated rings. The Labute approximate surface area is 248 Å². The van der Waals surface area contributed by atoms with E-state index in [9.17, 15) is 31.9 Å². The Balaban J connectivity index is 1.51. The Morgan fingerprint density at radius 1 is 1.10 bits per heavy atom. The van der Waals surface area contributed by atoms with Crippen LogP contribution >= 0.6 is 0 Å². The summed E-state index contributed by atoms with van der Waals surface area (Å²) in [4.78, 5) is 28.7. The molecule has 2 heterocycles. The predicted octanol–water partition coefficient (Wildman–Crippen LogP) is 5.65. The number of alkyl halides is 2. The number of benzene rings is 1. The molecule has 236 valence electrons. The van der Waals surface area contributed by atoms with Crippen LogP contribution in [0.25, 0.3) is 0 Å². The Kier molecular flexibility index (Phi) is 9.76. The first-order valence-corrected chi connectivity index (χ1v) is 16.5. The van der Waals surface area contributed by atoms with E-state index in [4.69, 9.17) is 4.74 Å². The minimum absolute atomic E-state index is 0.111. The predicted molar refractivity (Wildman–Crippen MR) is 155 cm³/mol. The number of hydrogen-bond acceptors (Lipinski definition) is 6. The molecule has 2 saturated heterocycles. The molecular formula is C30H45F2N3O6S. The number of amides is 1. The second kappa shape index (κ2) is 12.6. The number of nitrogens with zero attached hydrogens (tertiary/aromatic N) is 3. The SMILES string of the molecule is Cc1ccc(S(=O)(=O)N2CCC[C@H]2C(=O)O)c(N2CCCC(CCN(C(=O)OC(C)(C)C)C3CCC(F)(F)CC3)C2)c1. The number of piperidine rings is 1. The molecule has 12 heteroatoms. The normalized spacial score (nSPS) is 24.0. The number of carbonyl (C=O) groups excluding carboxylic acids is 1. The largest absolute Gasteiger partial charge is 0.480 e. The maximum absolute atomic E-state index is 13.9. The molecule has 1 N–H and O–H groups in total. The van der Waals surface area contributed by atoms with E-state index >= 15 is 0 Å². The third kappa shape index (κ3) is 7.72. The number of carboxylic acid groups (broad SMARTS) is 1. The van der Waals surface area contributed by atoms with E-state index in [-0.39, 0.29) is 55.5 Å². The zero-order valence-corrected chi connectivity index (χ0v) is 26.0. The summed E-state index contributed by atoms with van der Waals surface area (Å²) < 4.78 is 62.0. The molecule has 0 spiro atoms. The number of halogens is 2. The smallest absolute Gasteiger partial charge is 0.410 e. The number of aliphatic carboxylic acids is 1. The number of anilines is 1. The lowest BCUT2D eigenvalue weighted by Crippen LogP contribution is -2.47. The molecule has 4 rings (SSSR count). The Morgan fingerprint density at radius 2 is 1.76 bits per heavy atom. The van der Waals surface area contributed by atoms with Crippen LogP contribution < -0.4 is 4.90 Å². The fourth-order valence-corrected chi connectivity index (χ4v) is 8.26. The van der Waals surface area contributed by atoms with Crippen molar-refractivity contribution in [2.45, 2.75) is 114 Å². The highest BCUT2D eigenvalue weighted by Gasteiger charge is 2.42. The number of ether oxygens (including phenoxy) is 1. The molecule has 2 atom stereocenters. The van der Waals surface area contributed by atoms with Crippen molar-refractivity contribution in [3.05, 3.63) is 23.8 Å². The maximum atomic E-state index is 13.9. The van der Waals surface area contributed by atoms with Crippen LogP contribution in [0.4, 0.5) is 19.3 Å². The van der Waals surface area contributed by atoms with Crippen molar-refractivity contribution >= 4 is 27.8 Å². The first kappa shape index (κ1) is 32.4. The lowest BCUT2D eigenvalue weighted by atomic mass is 9.90. The number of carbonyl (C=O) groups is 2. The average molecular weight is 614 g/mol. The van der Waals surface area contributed by atoms with E-state index < -0.39 is 39.7 Å². The van der Waals surface area contributed by atoms with Crippen molar-refractivity contribution in [1.29, 1.82) is 0 Å². The van der Waals surface area contributed by atoms with Gasteiger partial charge in [0.05, 0.1) is 5.69 Å². The van der Waals surface area contributed by atoms with E-state index in [1.807, 2.05) is 13.0 Å². The van der Waals surface area contributed by atoms with Crippen molar-refractivity contribution in [2.75, 3.05) is 31.1 Å². The molecule has 1 aromatic carbocycles. The number of hydrogen-bond donors (Lipinski definition) is 1. The van der Waals surface area contributed by atoms with Gasteiger partial charge >= 0.3 is 12.1 Å². The molecule has 0 radical (unpaired) electrons. The van der Waals surface area contributed by atoms with Gasteiger partial charge in [0.25, 0.3) is 0 Å². The highest BCUT2D eigenvalue weighted by Crippen LogP contribution is 2.38. The molecule has 1 amide bonds. The van der Waals surface area contributed by atoms with Gasteiger partial charge in [0, 0.05) is 45.1 Å². The average Bonchev–Trinajstić information content (AvgIpc) is 3.40. The minimum atomic E-state index is -4.05. The molecule has 9 nitrogen and oxygen atoms in total.